The predicted octanol–water partition coefficient (Wildman–Crippen LogP) is 2.68. The molecule has 0 heterocycles. The van der Waals surface area contributed by atoms with Gasteiger partial charge in [0.25, 0.3) is 0 Å². The Balaban J connectivity index is 3.41. The van der Waals surface area contributed by atoms with Gasteiger partial charge in [-0.15, -0.1) is 0 Å². The van der Waals surface area contributed by atoms with E-state index >= 15 is 0 Å². The Bertz CT molecular complexity index is 379. The fraction of sp³-hybridized carbons (Fsp3) is 0.333. The van der Waals surface area contributed by atoms with Crippen LogP contribution < -0.4 is 0 Å². The summed E-state index contributed by atoms with van der Waals surface area (Å²) in [5.74, 6) is 0. The fourth-order valence-corrected chi connectivity index (χ4v) is 0.955. The maximum atomic E-state index is 10.1. The minimum atomic E-state index is -3.04. The first-order valence-electron chi connectivity index (χ1n) is 5.98. The Kier molecular flexibility index (Phi) is 0.962. The van der Waals surface area contributed by atoms with E-state index in [9.17, 15) is 5.11 Å². The molecule has 0 spiro atoms. The molecule has 1 aromatic rings. The van der Waals surface area contributed by atoms with E-state index in [-0.39, 0.29) is 5.56 Å². The summed E-state index contributed by atoms with van der Waals surface area (Å²) in [6, 6.07) is 5.53. The molecule has 0 aliphatic heterocycles. The highest BCUT2D eigenvalue weighted by atomic mass is 79.9. The van der Waals surface area contributed by atoms with Crippen molar-refractivity contribution in [3.8, 4) is 0 Å². The van der Waals surface area contributed by atoms with Crippen LogP contribution in [0.4, 0.5) is 0 Å². The van der Waals surface area contributed by atoms with Gasteiger partial charge in [-0.25, -0.2) is 0 Å². The molecule has 1 N–H and O–H groups in total. The second kappa shape index (κ2) is 2.95. The zero-order chi connectivity index (χ0) is 13.5. The largest absolute Gasteiger partial charge is 0.386 e. The topological polar surface area (TPSA) is 20.2 Å². The normalized spacial score (nSPS) is 22.0. The van der Waals surface area contributed by atoms with Crippen LogP contribution in [0, 0.1) is 0 Å². The summed E-state index contributed by atoms with van der Waals surface area (Å²) < 4.78 is 44.1. The number of benzene rings is 1. The number of hydrogen-bond acceptors (Lipinski definition) is 1. The van der Waals surface area contributed by atoms with E-state index in [1.54, 1.807) is 0 Å². The number of halogens is 1. The molecule has 0 amide bonds. The summed E-state index contributed by atoms with van der Waals surface area (Å²) in [6.45, 7) is -6.07. The van der Waals surface area contributed by atoms with E-state index in [0.717, 1.165) is 0 Å². The molecule has 1 nitrogen and oxygen atoms in total. The monoisotopic (exact) mass is 220 g/mol. The average molecular weight is 221 g/mol. The quantitative estimate of drug-likeness (QED) is 0.772. The van der Waals surface area contributed by atoms with Crippen LogP contribution in [0.15, 0.2) is 28.7 Å². The van der Waals surface area contributed by atoms with Crippen molar-refractivity contribution in [3.63, 3.8) is 0 Å². The molecular weight excluding hydrogens is 204 g/mol. The molecule has 0 bridgehead atoms. The van der Waals surface area contributed by atoms with Gasteiger partial charge in [-0.05, 0) is 31.4 Å². The van der Waals surface area contributed by atoms with Crippen LogP contribution in [0.5, 0.6) is 0 Å². The summed E-state index contributed by atoms with van der Waals surface area (Å²) >= 11 is 3.15. The standard InChI is InChI=1S/C9H11BrO/c1-9(2,11)7-3-5-8(10)6-4-7/h3-6,11H,1-2H3/i1D3,2D3. The molecule has 0 radical (unpaired) electrons. The van der Waals surface area contributed by atoms with Crippen LogP contribution in [0.3, 0.4) is 0 Å². The van der Waals surface area contributed by atoms with Crippen molar-refractivity contribution in [2.24, 2.45) is 0 Å². The molecular formula is C9H11BrO. The third-order valence-electron chi connectivity index (χ3n) is 1.26. The minimum absolute atomic E-state index is 0.152. The maximum Gasteiger partial charge on any atom is 0.0840 e. The molecule has 0 aromatic heterocycles. The van der Waals surface area contributed by atoms with Crippen molar-refractivity contribution >= 4 is 15.9 Å². The molecule has 0 unspecified atom stereocenters. The smallest absolute Gasteiger partial charge is 0.0840 e. The lowest BCUT2D eigenvalue weighted by atomic mass is 9.99. The van der Waals surface area contributed by atoms with Crippen LogP contribution >= 0.6 is 15.9 Å². The minimum Gasteiger partial charge on any atom is -0.386 e. The Morgan fingerprint density at radius 2 is 1.91 bits per heavy atom. The molecule has 1 aromatic carbocycles. The van der Waals surface area contributed by atoms with Gasteiger partial charge in [0.2, 0.25) is 0 Å². The fourth-order valence-electron chi connectivity index (χ4n) is 0.691. The van der Waals surface area contributed by atoms with Crippen molar-refractivity contribution in [1.82, 2.24) is 0 Å². The summed E-state index contributed by atoms with van der Waals surface area (Å²) in [7, 11) is 0. The second-order valence-corrected chi connectivity index (χ2v) is 3.13. The van der Waals surface area contributed by atoms with Crippen molar-refractivity contribution in [2.75, 3.05) is 0 Å². The van der Waals surface area contributed by atoms with E-state index in [2.05, 4.69) is 15.9 Å². The number of aliphatic hydroxyl groups is 1. The van der Waals surface area contributed by atoms with Gasteiger partial charge in [0, 0.05) is 12.7 Å². The summed E-state index contributed by atoms with van der Waals surface area (Å²) in [4.78, 5) is 0. The van der Waals surface area contributed by atoms with Crippen LogP contribution in [-0.4, -0.2) is 5.11 Å². The Morgan fingerprint density at radius 3 is 2.36 bits per heavy atom. The van der Waals surface area contributed by atoms with Gasteiger partial charge >= 0.3 is 0 Å². The molecule has 11 heavy (non-hydrogen) atoms. The van der Waals surface area contributed by atoms with E-state index in [1.807, 2.05) is 0 Å². The summed E-state index contributed by atoms with van der Waals surface area (Å²) in [5.41, 5.74) is -3.01. The van der Waals surface area contributed by atoms with Gasteiger partial charge in [-0.3, -0.25) is 0 Å². The van der Waals surface area contributed by atoms with Gasteiger partial charge in [0.15, 0.2) is 0 Å². The Labute approximate surface area is 83.6 Å². The molecule has 1 rings (SSSR count). The van der Waals surface area contributed by atoms with Crippen LogP contribution in [0.2, 0.25) is 0 Å². The van der Waals surface area contributed by atoms with Gasteiger partial charge < -0.3 is 5.11 Å². The number of rotatable bonds is 1. The second-order valence-electron chi connectivity index (χ2n) is 2.22. The molecule has 0 atom stereocenters. The Hall–Kier alpha value is -0.340. The lowest BCUT2D eigenvalue weighted by molar-refractivity contribution is 0.0786. The molecule has 2 heteroatoms. The number of hydrogen-bond donors (Lipinski definition) is 1. The van der Waals surface area contributed by atoms with Crippen molar-refractivity contribution in [3.05, 3.63) is 34.3 Å². The average Bonchev–Trinajstić information content (AvgIpc) is 2.14. The first-order chi connectivity index (χ1) is 7.50. The lowest BCUT2D eigenvalue weighted by Crippen LogP contribution is -2.14. The van der Waals surface area contributed by atoms with Crippen molar-refractivity contribution in [1.29, 1.82) is 0 Å². The van der Waals surface area contributed by atoms with E-state index in [0.29, 0.717) is 4.47 Å². The van der Waals surface area contributed by atoms with Gasteiger partial charge in [-0.1, -0.05) is 28.1 Å². The van der Waals surface area contributed by atoms with Crippen LogP contribution in [0.25, 0.3) is 0 Å². The highest BCUT2D eigenvalue weighted by molar-refractivity contribution is 9.10. The zero-order valence-electron chi connectivity index (χ0n) is 11.6. The molecule has 0 saturated heterocycles. The molecule has 0 aliphatic carbocycles. The van der Waals surface area contributed by atoms with E-state index in [1.165, 1.54) is 24.3 Å². The molecule has 0 aliphatic rings. The van der Waals surface area contributed by atoms with Gasteiger partial charge in [0.05, 0.1) is 5.60 Å². The van der Waals surface area contributed by atoms with E-state index in [4.69, 9.17) is 8.22 Å². The molecule has 60 valence electrons. The van der Waals surface area contributed by atoms with Gasteiger partial charge in [0.1, 0.15) is 0 Å². The SMILES string of the molecule is [2H]C([2H])([2H])C(O)(c1ccc(Br)cc1)C([2H])([2H])[2H]. The Morgan fingerprint density at radius 1 is 1.36 bits per heavy atom. The highest BCUT2D eigenvalue weighted by Gasteiger charge is 2.14. The zero-order valence-corrected chi connectivity index (χ0v) is 7.22. The van der Waals surface area contributed by atoms with Crippen LogP contribution in [0.1, 0.15) is 27.5 Å². The summed E-state index contributed by atoms with van der Waals surface area (Å²) in [5, 5.41) is 10.1. The molecule has 0 fully saturated rings. The first-order valence-corrected chi connectivity index (χ1v) is 3.78. The third-order valence-corrected chi connectivity index (χ3v) is 1.79. The van der Waals surface area contributed by atoms with Crippen molar-refractivity contribution in [2.45, 2.75) is 19.3 Å². The molecule has 0 saturated carbocycles. The highest BCUT2D eigenvalue weighted by Crippen LogP contribution is 2.21. The first kappa shape index (κ1) is 3.58. The van der Waals surface area contributed by atoms with Crippen LogP contribution in [-0.2, 0) is 5.60 Å². The predicted molar refractivity (Wildman–Crippen MR) is 49.4 cm³/mol. The summed E-state index contributed by atoms with van der Waals surface area (Å²) in [6.07, 6.45) is 0. The maximum absolute atomic E-state index is 10.1. The van der Waals surface area contributed by atoms with Gasteiger partial charge in [-0.2, -0.15) is 0 Å². The third kappa shape index (κ3) is 2.31. The van der Waals surface area contributed by atoms with Crippen molar-refractivity contribution < 1.29 is 13.3 Å². The lowest BCUT2D eigenvalue weighted by Gasteiger charge is -2.17. The van der Waals surface area contributed by atoms with E-state index < -0.39 is 19.3 Å².